The van der Waals surface area contributed by atoms with Gasteiger partial charge in [0.2, 0.25) is 0 Å². The fraction of sp³-hybridized carbons (Fsp3) is 0.312. The highest BCUT2D eigenvalue weighted by Gasteiger charge is 2.30. The fourth-order valence-corrected chi connectivity index (χ4v) is 2.59. The molecule has 3 rings (SSSR count). The molecule has 1 saturated carbocycles. The molecule has 0 radical (unpaired) electrons. The summed E-state index contributed by atoms with van der Waals surface area (Å²) in [7, 11) is 1.64. The summed E-state index contributed by atoms with van der Waals surface area (Å²) < 4.78 is 7.35. The summed E-state index contributed by atoms with van der Waals surface area (Å²) in [4.78, 5) is 11.4. The van der Waals surface area contributed by atoms with Crippen LogP contribution in [0, 0.1) is 6.92 Å². The molecule has 0 bridgehead atoms. The monoisotopic (exact) mass is 271 g/mol. The second-order valence-electron chi connectivity index (χ2n) is 5.21. The zero-order chi connectivity index (χ0) is 14.3. The highest BCUT2D eigenvalue weighted by atomic mass is 16.5. The van der Waals surface area contributed by atoms with Crippen LogP contribution >= 0.6 is 0 Å². The average Bonchev–Trinajstić information content (AvgIpc) is 3.16. The van der Waals surface area contributed by atoms with Crippen molar-refractivity contribution in [1.82, 2.24) is 4.57 Å². The lowest BCUT2D eigenvalue weighted by Crippen LogP contribution is -2.08. The van der Waals surface area contributed by atoms with Crippen LogP contribution in [0.4, 0.5) is 0 Å². The number of methoxy groups -OCH3 is 1. The predicted octanol–water partition coefficient (Wildman–Crippen LogP) is 3.51. The van der Waals surface area contributed by atoms with E-state index in [9.17, 15) is 9.90 Å². The summed E-state index contributed by atoms with van der Waals surface area (Å²) in [6.07, 6.45) is 2.08. The number of carboxylic acids is 1. The third kappa shape index (κ3) is 2.07. The molecule has 0 atom stereocenters. The van der Waals surface area contributed by atoms with Crippen LogP contribution in [0.3, 0.4) is 0 Å². The SMILES string of the molecule is COc1ccc(C)cc1-c1ccc(C(=O)O)n1C1CC1. The van der Waals surface area contributed by atoms with Crippen molar-refractivity contribution in [2.45, 2.75) is 25.8 Å². The fourth-order valence-electron chi connectivity index (χ4n) is 2.59. The molecule has 1 aromatic heterocycles. The molecule has 0 spiro atoms. The number of aromatic nitrogens is 1. The second-order valence-corrected chi connectivity index (χ2v) is 5.21. The van der Waals surface area contributed by atoms with E-state index < -0.39 is 5.97 Å². The number of rotatable bonds is 4. The van der Waals surface area contributed by atoms with E-state index in [2.05, 4.69) is 0 Å². The Morgan fingerprint density at radius 2 is 2.05 bits per heavy atom. The van der Waals surface area contributed by atoms with E-state index in [0.717, 1.165) is 35.4 Å². The summed E-state index contributed by atoms with van der Waals surface area (Å²) in [5, 5.41) is 9.33. The van der Waals surface area contributed by atoms with Gasteiger partial charge in [-0.2, -0.15) is 0 Å². The third-order valence-corrected chi connectivity index (χ3v) is 3.68. The molecule has 20 heavy (non-hydrogen) atoms. The van der Waals surface area contributed by atoms with Crippen LogP contribution in [-0.4, -0.2) is 22.8 Å². The summed E-state index contributed by atoms with van der Waals surface area (Å²) in [6, 6.07) is 9.81. The first-order valence-electron chi connectivity index (χ1n) is 6.71. The molecule has 0 saturated heterocycles. The number of aryl methyl sites for hydroxylation is 1. The molecule has 4 heteroatoms. The molecule has 1 aromatic carbocycles. The number of hydrogen-bond acceptors (Lipinski definition) is 2. The lowest BCUT2D eigenvalue weighted by Gasteiger charge is -2.14. The quantitative estimate of drug-likeness (QED) is 0.925. The Kier molecular flexibility index (Phi) is 3.01. The van der Waals surface area contributed by atoms with Crippen LogP contribution in [-0.2, 0) is 0 Å². The smallest absolute Gasteiger partial charge is 0.352 e. The van der Waals surface area contributed by atoms with Crippen LogP contribution < -0.4 is 4.74 Å². The number of ether oxygens (including phenoxy) is 1. The summed E-state index contributed by atoms with van der Waals surface area (Å²) >= 11 is 0. The molecule has 1 fully saturated rings. The molecule has 0 unspecified atom stereocenters. The normalized spacial score (nSPS) is 14.3. The van der Waals surface area contributed by atoms with Gasteiger partial charge in [-0.3, -0.25) is 0 Å². The van der Waals surface area contributed by atoms with E-state index in [1.54, 1.807) is 13.2 Å². The van der Waals surface area contributed by atoms with Crippen LogP contribution in [0.2, 0.25) is 0 Å². The zero-order valence-electron chi connectivity index (χ0n) is 11.6. The number of carboxylic acid groups (broad SMARTS) is 1. The van der Waals surface area contributed by atoms with Crippen LogP contribution in [0.5, 0.6) is 5.75 Å². The first-order chi connectivity index (χ1) is 9.61. The molecule has 0 aliphatic heterocycles. The van der Waals surface area contributed by atoms with Gasteiger partial charge in [0.1, 0.15) is 11.4 Å². The molecule has 4 nitrogen and oxygen atoms in total. The van der Waals surface area contributed by atoms with E-state index in [-0.39, 0.29) is 0 Å². The van der Waals surface area contributed by atoms with Crippen molar-refractivity contribution in [2.75, 3.05) is 7.11 Å². The number of hydrogen-bond donors (Lipinski definition) is 1. The Balaban J connectivity index is 2.20. The predicted molar refractivity (Wildman–Crippen MR) is 76.4 cm³/mol. The van der Waals surface area contributed by atoms with Gasteiger partial charge in [0, 0.05) is 11.6 Å². The Labute approximate surface area is 117 Å². The Bertz CT molecular complexity index is 668. The minimum absolute atomic E-state index is 0.302. The molecule has 104 valence electrons. The molecule has 2 aromatic rings. The van der Waals surface area contributed by atoms with Crippen molar-refractivity contribution in [2.24, 2.45) is 0 Å². The van der Waals surface area contributed by atoms with E-state index in [4.69, 9.17) is 4.74 Å². The zero-order valence-corrected chi connectivity index (χ0v) is 11.6. The van der Waals surface area contributed by atoms with Gasteiger partial charge >= 0.3 is 5.97 Å². The number of aromatic carboxylic acids is 1. The molecule has 1 aliphatic rings. The van der Waals surface area contributed by atoms with Gasteiger partial charge in [0.25, 0.3) is 0 Å². The first-order valence-corrected chi connectivity index (χ1v) is 6.71. The summed E-state index contributed by atoms with van der Waals surface area (Å²) in [5.41, 5.74) is 3.35. The number of nitrogens with zero attached hydrogens (tertiary/aromatic N) is 1. The van der Waals surface area contributed by atoms with E-state index in [0.29, 0.717) is 11.7 Å². The van der Waals surface area contributed by atoms with Gasteiger partial charge < -0.3 is 14.4 Å². The highest BCUT2D eigenvalue weighted by molar-refractivity contribution is 5.88. The van der Waals surface area contributed by atoms with Crippen LogP contribution in [0.15, 0.2) is 30.3 Å². The maximum Gasteiger partial charge on any atom is 0.352 e. The van der Waals surface area contributed by atoms with E-state index in [1.807, 2.05) is 35.8 Å². The Morgan fingerprint density at radius 1 is 1.30 bits per heavy atom. The number of benzene rings is 1. The van der Waals surface area contributed by atoms with Gasteiger partial charge in [-0.25, -0.2) is 4.79 Å². The Hall–Kier alpha value is -2.23. The van der Waals surface area contributed by atoms with Gasteiger partial charge in [0.15, 0.2) is 0 Å². The van der Waals surface area contributed by atoms with Crippen molar-refractivity contribution in [3.63, 3.8) is 0 Å². The molecule has 1 N–H and O–H groups in total. The lowest BCUT2D eigenvalue weighted by molar-refractivity contribution is 0.0685. The minimum atomic E-state index is -0.880. The molecular weight excluding hydrogens is 254 g/mol. The van der Waals surface area contributed by atoms with Gasteiger partial charge in [-0.05, 0) is 44.0 Å². The minimum Gasteiger partial charge on any atom is -0.496 e. The van der Waals surface area contributed by atoms with Crippen LogP contribution in [0.25, 0.3) is 11.3 Å². The average molecular weight is 271 g/mol. The van der Waals surface area contributed by atoms with Gasteiger partial charge in [-0.1, -0.05) is 11.6 Å². The van der Waals surface area contributed by atoms with Crippen molar-refractivity contribution in [3.05, 3.63) is 41.6 Å². The van der Waals surface area contributed by atoms with Gasteiger partial charge in [-0.15, -0.1) is 0 Å². The Morgan fingerprint density at radius 3 is 2.65 bits per heavy atom. The maximum atomic E-state index is 11.4. The van der Waals surface area contributed by atoms with Crippen molar-refractivity contribution in [1.29, 1.82) is 0 Å². The number of carbonyl (C=O) groups is 1. The van der Waals surface area contributed by atoms with Gasteiger partial charge in [0.05, 0.1) is 12.8 Å². The topological polar surface area (TPSA) is 51.5 Å². The van der Waals surface area contributed by atoms with E-state index in [1.165, 1.54) is 0 Å². The third-order valence-electron chi connectivity index (χ3n) is 3.68. The first kappa shape index (κ1) is 12.8. The molecule has 1 heterocycles. The maximum absolute atomic E-state index is 11.4. The molecule has 1 aliphatic carbocycles. The van der Waals surface area contributed by atoms with E-state index >= 15 is 0 Å². The highest BCUT2D eigenvalue weighted by Crippen LogP contribution is 2.42. The second kappa shape index (κ2) is 4.71. The van der Waals surface area contributed by atoms with Crippen molar-refractivity contribution < 1.29 is 14.6 Å². The van der Waals surface area contributed by atoms with Crippen molar-refractivity contribution in [3.8, 4) is 17.0 Å². The molecular formula is C16H17NO3. The molecule has 0 amide bonds. The summed E-state index contributed by atoms with van der Waals surface area (Å²) in [6.45, 7) is 2.02. The van der Waals surface area contributed by atoms with Crippen LogP contribution in [0.1, 0.15) is 34.9 Å². The lowest BCUT2D eigenvalue weighted by atomic mass is 10.1. The largest absolute Gasteiger partial charge is 0.496 e. The summed E-state index contributed by atoms with van der Waals surface area (Å²) in [5.74, 6) is -0.109. The standard InChI is InChI=1S/C16H17NO3/c1-10-3-8-15(20-2)12(9-10)13-6-7-14(16(18)19)17(13)11-4-5-11/h3,6-9,11H,4-5H2,1-2H3,(H,18,19). The van der Waals surface area contributed by atoms with Crippen molar-refractivity contribution >= 4 is 5.97 Å².